The fourth-order valence-electron chi connectivity index (χ4n) is 1.70. The average molecular weight is 212 g/mol. The minimum atomic E-state index is -0.911. The number of hydrogen-bond donors (Lipinski definition) is 1. The van der Waals surface area contributed by atoms with Crippen molar-refractivity contribution in [2.45, 2.75) is 6.92 Å². The maximum Gasteiger partial charge on any atom is 0.328 e. The van der Waals surface area contributed by atoms with E-state index in [0.29, 0.717) is 0 Å². The van der Waals surface area contributed by atoms with Gasteiger partial charge in [0, 0.05) is 6.08 Å². The number of rotatable bonds is 2. The highest BCUT2D eigenvalue weighted by Crippen LogP contribution is 2.20. The molecule has 0 bridgehead atoms. The number of carboxylic acid groups (broad SMARTS) is 1. The number of carboxylic acids is 1. The number of allylic oxidation sites excluding steroid dienone is 1. The lowest BCUT2D eigenvalue weighted by Gasteiger charge is -2.03. The molecule has 0 saturated carbocycles. The van der Waals surface area contributed by atoms with Gasteiger partial charge in [-0.25, -0.2) is 4.79 Å². The molecular formula is C14H12O2. The number of fused-ring (bicyclic) bond motifs is 1. The van der Waals surface area contributed by atoms with Gasteiger partial charge in [-0.05, 0) is 34.9 Å². The van der Waals surface area contributed by atoms with E-state index in [1.165, 1.54) is 6.08 Å². The first-order valence-corrected chi connectivity index (χ1v) is 5.07. The third-order valence-corrected chi connectivity index (χ3v) is 2.54. The molecule has 1 N–H and O–H groups in total. The molecule has 0 unspecified atom stereocenters. The molecule has 0 aliphatic carbocycles. The summed E-state index contributed by atoms with van der Waals surface area (Å²) in [5.74, 6) is -0.911. The summed E-state index contributed by atoms with van der Waals surface area (Å²) in [5, 5.41) is 11.0. The van der Waals surface area contributed by atoms with E-state index in [9.17, 15) is 4.79 Å². The van der Waals surface area contributed by atoms with Crippen LogP contribution in [0.15, 0.2) is 48.5 Å². The fourth-order valence-corrected chi connectivity index (χ4v) is 1.70. The van der Waals surface area contributed by atoms with E-state index in [0.717, 1.165) is 21.9 Å². The Balaban J connectivity index is 2.51. The monoisotopic (exact) mass is 212 g/mol. The van der Waals surface area contributed by atoms with E-state index >= 15 is 0 Å². The maximum absolute atomic E-state index is 10.6. The zero-order valence-corrected chi connectivity index (χ0v) is 8.97. The Labute approximate surface area is 93.8 Å². The van der Waals surface area contributed by atoms with Gasteiger partial charge < -0.3 is 5.11 Å². The Hall–Kier alpha value is -2.09. The van der Waals surface area contributed by atoms with Crippen LogP contribution in [-0.4, -0.2) is 11.1 Å². The van der Waals surface area contributed by atoms with Crippen molar-refractivity contribution in [2.75, 3.05) is 0 Å². The Kier molecular flexibility index (Phi) is 2.73. The number of hydrogen-bond acceptors (Lipinski definition) is 1. The van der Waals surface area contributed by atoms with Crippen LogP contribution in [0.3, 0.4) is 0 Å². The molecule has 2 aromatic carbocycles. The first kappa shape index (κ1) is 10.4. The molecule has 0 atom stereocenters. The van der Waals surface area contributed by atoms with Crippen molar-refractivity contribution in [3.8, 4) is 0 Å². The summed E-state index contributed by atoms with van der Waals surface area (Å²) in [7, 11) is 0. The van der Waals surface area contributed by atoms with Crippen LogP contribution in [0, 0.1) is 0 Å². The molecule has 0 saturated heterocycles. The molecule has 0 spiro atoms. The van der Waals surface area contributed by atoms with Gasteiger partial charge in [0.1, 0.15) is 0 Å². The van der Waals surface area contributed by atoms with Crippen LogP contribution in [0.2, 0.25) is 0 Å². The molecule has 0 aliphatic heterocycles. The molecule has 0 heterocycles. The molecule has 2 aromatic rings. The Morgan fingerprint density at radius 2 is 1.81 bits per heavy atom. The molecule has 2 heteroatoms. The summed E-state index contributed by atoms with van der Waals surface area (Å²) >= 11 is 0. The zero-order valence-electron chi connectivity index (χ0n) is 8.97. The molecule has 0 aromatic heterocycles. The summed E-state index contributed by atoms with van der Waals surface area (Å²) in [6, 6.07) is 14.0. The second-order valence-corrected chi connectivity index (χ2v) is 3.73. The predicted octanol–water partition coefficient (Wildman–Crippen LogP) is 3.33. The molecule has 2 nitrogen and oxygen atoms in total. The highest BCUT2D eigenvalue weighted by atomic mass is 16.4. The smallest absolute Gasteiger partial charge is 0.328 e. The van der Waals surface area contributed by atoms with Crippen molar-refractivity contribution in [1.82, 2.24) is 0 Å². The van der Waals surface area contributed by atoms with Crippen LogP contribution in [0.5, 0.6) is 0 Å². The van der Waals surface area contributed by atoms with Crippen LogP contribution < -0.4 is 0 Å². The number of aliphatic carboxylic acids is 1. The lowest BCUT2D eigenvalue weighted by Crippen LogP contribution is -1.90. The number of benzene rings is 2. The molecule has 2 rings (SSSR count). The van der Waals surface area contributed by atoms with Crippen molar-refractivity contribution in [1.29, 1.82) is 0 Å². The van der Waals surface area contributed by atoms with E-state index in [1.54, 1.807) is 6.92 Å². The van der Waals surface area contributed by atoms with Gasteiger partial charge in [-0.3, -0.25) is 0 Å². The average Bonchev–Trinajstić information content (AvgIpc) is 2.27. The van der Waals surface area contributed by atoms with Gasteiger partial charge >= 0.3 is 5.97 Å². The lowest BCUT2D eigenvalue weighted by molar-refractivity contribution is -0.131. The molecule has 80 valence electrons. The van der Waals surface area contributed by atoms with Crippen LogP contribution in [0.25, 0.3) is 16.3 Å². The van der Waals surface area contributed by atoms with E-state index < -0.39 is 5.97 Å². The molecule has 16 heavy (non-hydrogen) atoms. The van der Waals surface area contributed by atoms with Gasteiger partial charge in [0.25, 0.3) is 0 Å². The van der Waals surface area contributed by atoms with Gasteiger partial charge in [0.15, 0.2) is 0 Å². The summed E-state index contributed by atoms with van der Waals surface area (Å²) in [6.07, 6.45) is 1.23. The summed E-state index contributed by atoms with van der Waals surface area (Å²) < 4.78 is 0. The SMILES string of the molecule is C/C(=C\C(=O)O)c1ccc2ccccc2c1. The van der Waals surface area contributed by atoms with E-state index in [4.69, 9.17) is 5.11 Å². The van der Waals surface area contributed by atoms with E-state index in [1.807, 2.05) is 42.5 Å². The third-order valence-electron chi connectivity index (χ3n) is 2.54. The molecule has 0 fully saturated rings. The maximum atomic E-state index is 10.6. The topological polar surface area (TPSA) is 37.3 Å². The summed E-state index contributed by atoms with van der Waals surface area (Å²) in [6.45, 7) is 1.80. The van der Waals surface area contributed by atoms with Crippen molar-refractivity contribution < 1.29 is 9.90 Å². The minimum Gasteiger partial charge on any atom is -0.478 e. The highest BCUT2D eigenvalue weighted by molar-refractivity contribution is 5.92. The summed E-state index contributed by atoms with van der Waals surface area (Å²) in [5.41, 5.74) is 1.71. The predicted molar refractivity (Wildman–Crippen MR) is 65.2 cm³/mol. The molecule has 0 amide bonds. The fraction of sp³-hybridized carbons (Fsp3) is 0.0714. The lowest BCUT2D eigenvalue weighted by atomic mass is 10.0. The van der Waals surface area contributed by atoms with Gasteiger partial charge in [-0.1, -0.05) is 36.4 Å². The summed E-state index contributed by atoms with van der Waals surface area (Å²) in [4.78, 5) is 10.6. The first-order valence-electron chi connectivity index (χ1n) is 5.07. The van der Waals surface area contributed by atoms with Crippen molar-refractivity contribution in [2.24, 2.45) is 0 Å². The van der Waals surface area contributed by atoms with Gasteiger partial charge in [0.05, 0.1) is 0 Å². The second-order valence-electron chi connectivity index (χ2n) is 3.73. The quantitative estimate of drug-likeness (QED) is 0.775. The van der Waals surface area contributed by atoms with Crippen LogP contribution in [0.1, 0.15) is 12.5 Å². The number of carbonyl (C=O) groups is 1. The zero-order chi connectivity index (χ0) is 11.5. The van der Waals surface area contributed by atoms with Crippen molar-refractivity contribution >= 4 is 22.3 Å². The molecule has 0 aliphatic rings. The van der Waals surface area contributed by atoms with E-state index in [2.05, 4.69) is 0 Å². The van der Waals surface area contributed by atoms with Gasteiger partial charge in [-0.15, -0.1) is 0 Å². The highest BCUT2D eigenvalue weighted by Gasteiger charge is 2.00. The minimum absolute atomic E-state index is 0.762. The van der Waals surface area contributed by atoms with Crippen LogP contribution in [-0.2, 0) is 4.79 Å². The Morgan fingerprint density at radius 1 is 1.12 bits per heavy atom. The van der Waals surface area contributed by atoms with Crippen molar-refractivity contribution in [3.63, 3.8) is 0 Å². The standard InChI is InChI=1S/C14H12O2/c1-10(8-14(15)16)12-7-6-11-4-2-3-5-13(11)9-12/h2-9H,1H3,(H,15,16)/b10-8+. The third kappa shape index (κ3) is 2.11. The van der Waals surface area contributed by atoms with Crippen LogP contribution >= 0.6 is 0 Å². The first-order chi connectivity index (χ1) is 7.66. The van der Waals surface area contributed by atoms with E-state index in [-0.39, 0.29) is 0 Å². The molecular weight excluding hydrogens is 200 g/mol. The van der Waals surface area contributed by atoms with Crippen molar-refractivity contribution in [3.05, 3.63) is 54.1 Å². The largest absolute Gasteiger partial charge is 0.478 e. The van der Waals surface area contributed by atoms with Gasteiger partial charge in [-0.2, -0.15) is 0 Å². The van der Waals surface area contributed by atoms with Crippen LogP contribution in [0.4, 0.5) is 0 Å². The van der Waals surface area contributed by atoms with Gasteiger partial charge in [0.2, 0.25) is 0 Å². The second kappa shape index (κ2) is 4.19. The Morgan fingerprint density at radius 3 is 2.50 bits per heavy atom. The Bertz CT molecular complexity index is 568. The molecule has 0 radical (unpaired) electrons. The normalized spacial score (nSPS) is 11.7.